The molecule has 2 aliphatic heterocycles. The minimum Gasteiger partial charge on any atom is -0.375 e. The van der Waals surface area contributed by atoms with E-state index in [9.17, 15) is 4.79 Å². The number of ether oxygens (including phenoxy) is 1. The van der Waals surface area contributed by atoms with Gasteiger partial charge in [-0.1, -0.05) is 13.8 Å². The highest BCUT2D eigenvalue weighted by Crippen LogP contribution is 2.44. The summed E-state index contributed by atoms with van der Waals surface area (Å²) in [6.45, 7) is 5.16. The Kier molecular flexibility index (Phi) is 1.88. The van der Waals surface area contributed by atoms with Gasteiger partial charge in [0.25, 0.3) is 0 Å². The first kappa shape index (κ1) is 9.00. The largest absolute Gasteiger partial charge is 0.375 e. The van der Waals surface area contributed by atoms with Crippen molar-refractivity contribution in [1.82, 2.24) is 4.90 Å². The molecule has 0 saturated carbocycles. The second kappa shape index (κ2) is 2.71. The lowest BCUT2D eigenvalue weighted by atomic mass is 9.81. The molecule has 1 amide bonds. The number of likely N-dealkylation sites (tertiary alicyclic amines) is 1. The minimum absolute atomic E-state index is 0.00289. The van der Waals surface area contributed by atoms with Crippen LogP contribution >= 0.6 is 0 Å². The molecule has 2 saturated heterocycles. The Morgan fingerprint density at radius 1 is 1.62 bits per heavy atom. The number of rotatable bonds is 1. The third-order valence-electron chi connectivity index (χ3n) is 3.74. The van der Waals surface area contributed by atoms with Crippen LogP contribution in [0.3, 0.4) is 0 Å². The lowest BCUT2D eigenvalue weighted by molar-refractivity contribution is -0.130. The van der Waals surface area contributed by atoms with Crippen molar-refractivity contribution in [2.75, 3.05) is 13.7 Å². The first-order valence-electron chi connectivity index (χ1n) is 4.97. The van der Waals surface area contributed by atoms with Gasteiger partial charge in [-0.25, -0.2) is 0 Å². The Bertz CT molecular complexity index is 239. The number of carbonyl (C=O) groups excluding carboxylic acids is 1. The fraction of sp³-hybridized carbons (Fsp3) is 0.900. The molecule has 13 heavy (non-hydrogen) atoms. The first-order chi connectivity index (χ1) is 6.09. The van der Waals surface area contributed by atoms with E-state index in [1.165, 1.54) is 0 Å². The predicted octanol–water partition coefficient (Wildman–Crippen LogP) is 1.03. The van der Waals surface area contributed by atoms with Crippen LogP contribution in [0.2, 0.25) is 0 Å². The molecule has 0 radical (unpaired) electrons. The lowest BCUT2D eigenvalue weighted by Gasteiger charge is -2.38. The maximum Gasteiger partial charge on any atom is 0.225 e. The zero-order valence-electron chi connectivity index (χ0n) is 8.54. The van der Waals surface area contributed by atoms with Crippen molar-refractivity contribution < 1.29 is 9.53 Å². The summed E-state index contributed by atoms with van der Waals surface area (Å²) in [6.07, 6.45) is 1.72. The molecule has 0 aromatic rings. The smallest absolute Gasteiger partial charge is 0.225 e. The average Bonchev–Trinajstić information content (AvgIpc) is 2.55. The van der Waals surface area contributed by atoms with Gasteiger partial charge in [-0.05, 0) is 12.3 Å². The van der Waals surface area contributed by atoms with Gasteiger partial charge < -0.3 is 9.64 Å². The van der Waals surface area contributed by atoms with Crippen LogP contribution in [0, 0.1) is 5.92 Å². The monoisotopic (exact) mass is 183 g/mol. The lowest BCUT2D eigenvalue weighted by Crippen LogP contribution is -2.50. The zero-order chi connectivity index (χ0) is 9.64. The maximum atomic E-state index is 11.5. The van der Waals surface area contributed by atoms with Crippen molar-refractivity contribution >= 4 is 5.91 Å². The van der Waals surface area contributed by atoms with Gasteiger partial charge in [0.05, 0.1) is 18.1 Å². The van der Waals surface area contributed by atoms with Crippen LogP contribution in [-0.2, 0) is 9.53 Å². The molecule has 3 nitrogen and oxygen atoms in total. The Morgan fingerprint density at radius 2 is 2.31 bits per heavy atom. The fourth-order valence-electron chi connectivity index (χ4n) is 2.86. The van der Waals surface area contributed by atoms with E-state index >= 15 is 0 Å². The SMILES string of the molecule is CC(C)C12CCOC1CC(=O)N2C. The van der Waals surface area contributed by atoms with Crippen LogP contribution < -0.4 is 0 Å². The predicted molar refractivity (Wildman–Crippen MR) is 49.3 cm³/mol. The quantitative estimate of drug-likeness (QED) is 0.607. The number of hydrogen-bond acceptors (Lipinski definition) is 2. The van der Waals surface area contributed by atoms with E-state index in [1.54, 1.807) is 0 Å². The molecule has 3 heteroatoms. The standard InChI is InChI=1S/C10H17NO2/c1-7(2)10-4-5-13-8(10)6-9(12)11(10)3/h7-8H,4-6H2,1-3H3. The Morgan fingerprint density at radius 3 is 2.85 bits per heavy atom. The van der Waals surface area contributed by atoms with Crippen molar-refractivity contribution in [2.45, 2.75) is 38.3 Å². The number of likely N-dealkylation sites (N-methyl/N-ethyl adjacent to an activating group) is 1. The van der Waals surface area contributed by atoms with Gasteiger partial charge in [0.1, 0.15) is 0 Å². The minimum atomic E-state index is -0.00289. The maximum absolute atomic E-state index is 11.5. The van der Waals surface area contributed by atoms with Gasteiger partial charge in [-0.2, -0.15) is 0 Å². The summed E-state index contributed by atoms with van der Waals surface area (Å²) in [5.74, 6) is 0.717. The zero-order valence-corrected chi connectivity index (χ0v) is 8.54. The van der Waals surface area contributed by atoms with Crippen LogP contribution in [0.1, 0.15) is 26.7 Å². The van der Waals surface area contributed by atoms with Crippen molar-refractivity contribution in [3.63, 3.8) is 0 Å². The van der Waals surface area contributed by atoms with E-state index in [0.29, 0.717) is 12.3 Å². The second-order valence-electron chi connectivity index (χ2n) is 4.41. The number of fused-ring (bicyclic) bond motifs is 1. The number of carbonyl (C=O) groups is 1. The molecular weight excluding hydrogens is 166 g/mol. The van der Waals surface area contributed by atoms with Gasteiger partial charge in [0, 0.05) is 13.7 Å². The first-order valence-corrected chi connectivity index (χ1v) is 4.97. The summed E-state index contributed by atoms with van der Waals surface area (Å²) in [5, 5.41) is 0. The van der Waals surface area contributed by atoms with E-state index in [4.69, 9.17) is 4.74 Å². The van der Waals surface area contributed by atoms with Crippen molar-refractivity contribution in [2.24, 2.45) is 5.92 Å². The van der Waals surface area contributed by atoms with Crippen molar-refractivity contribution in [3.8, 4) is 0 Å². The topological polar surface area (TPSA) is 29.5 Å². The number of amides is 1. The summed E-state index contributed by atoms with van der Waals surface area (Å²) in [5.41, 5.74) is -0.00289. The van der Waals surface area contributed by atoms with Crippen molar-refractivity contribution in [1.29, 1.82) is 0 Å². The van der Waals surface area contributed by atoms with Crippen LogP contribution in [0.4, 0.5) is 0 Å². The molecule has 74 valence electrons. The molecule has 0 aromatic carbocycles. The Hall–Kier alpha value is -0.570. The highest BCUT2D eigenvalue weighted by Gasteiger charge is 2.56. The van der Waals surface area contributed by atoms with Gasteiger partial charge in [0.15, 0.2) is 0 Å². The summed E-state index contributed by atoms with van der Waals surface area (Å²) in [7, 11) is 1.91. The van der Waals surface area contributed by atoms with Crippen molar-refractivity contribution in [3.05, 3.63) is 0 Å². The fourth-order valence-corrected chi connectivity index (χ4v) is 2.86. The average molecular weight is 183 g/mol. The van der Waals surface area contributed by atoms with E-state index in [2.05, 4.69) is 13.8 Å². The highest BCUT2D eigenvalue weighted by molar-refractivity contribution is 5.80. The van der Waals surface area contributed by atoms with Gasteiger partial charge in [-0.15, -0.1) is 0 Å². The Balaban J connectivity index is 2.35. The number of nitrogens with zero attached hydrogens (tertiary/aromatic N) is 1. The second-order valence-corrected chi connectivity index (χ2v) is 4.41. The van der Waals surface area contributed by atoms with Gasteiger partial charge >= 0.3 is 0 Å². The van der Waals surface area contributed by atoms with E-state index in [0.717, 1.165) is 13.0 Å². The highest BCUT2D eigenvalue weighted by atomic mass is 16.5. The molecule has 2 unspecified atom stereocenters. The summed E-state index contributed by atoms with van der Waals surface area (Å²) < 4.78 is 5.62. The van der Waals surface area contributed by atoms with Gasteiger partial charge in [0.2, 0.25) is 5.91 Å². The normalized spacial score (nSPS) is 38.9. The molecule has 2 heterocycles. The molecule has 0 spiro atoms. The summed E-state index contributed by atoms with van der Waals surface area (Å²) in [6, 6.07) is 0. The molecule has 0 N–H and O–H groups in total. The van der Waals surface area contributed by atoms with E-state index in [1.807, 2.05) is 11.9 Å². The van der Waals surface area contributed by atoms with Crippen LogP contribution in [0.15, 0.2) is 0 Å². The van der Waals surface area contributed by atoms with Gasteiger partial charge in [-0.3, -0.25) is 4.79 Å². The molecule has 2 fully saturated rings. The number of hydrogen-bond donors (Lipinski definition) is 0. The van der Waals surface area contributed by atoms with Crippen LogP contribution in [0.25, 0.3) is 0 Å². The van der Waals surface area contributed by atoms with Crippen LogP contribution in [-0.4, -0.2) is 36.1 Å². The third kappa shape index (κ3) is 0.966. The van der Waals surface area contributed by atoms with Crippen LogP contribution in [0.5, 0.6) is 0 Å². The molecule has 0 aliphatic carbocycles. The molecule has 0 bridgehead atoms. The third-order valence-corrected chi connectivity index (χ3v) is 3.74. The molecule has 2 atom stereocenters. The molecule has 2 aliphatic rings. The van der Waals surface area contributed by atoms with E-state index in [-0.39, 0.29) is 17.6 Å². The summed E-state index contributed by atoms with van der Waals surface area (Å²) in [4.78, 5) is 13.5. The molecular formula is C10H17NO2. The summed E-state index contributed by atoms with van der Waals surface area (Å²) >= 11 is 0. The Labute approximate surface area is 79.0 Å². The molecule has 2 rings (SSSR count). The van der Waals surface area contributed by atoms with E-state index < -0.39 is 0 Å². The molecule has 0 aromatic heterocycles.